The van der Waals surface area contributed by atoms with Crippen molar-refractivity contribution in [1.82, 2.24) is 5.16 Å². The first-order valence-corrected chi connectivity index (χ1v) is 16.2. The molecule has 0 spiro atoms. The fourth-order valence-corrected chi connectivity index (χ4v) is 6.09. The third-order valence-corrected chi connectivity index (χ3v) is 8.85. The van der Waals surface area contributed by atoms with E-state index in [1.807, 2.05) is 56.9 Å². The second-order valence-corrected chi connectivity index (χ2v) is 11.8. The number of aryl methyl sites for hydroxylation is 1. The predicted octanol–water partition coefficient (Wildman–Crippen LogP) is 9.50. The third-order valence-electron chi connectivity index (χ3n) is 7.13. The molecule has 0 aliphatic carbocycles. The minimum Gasteiger partial charge on any atom is -0.454 e. The van der Waals surface area contributed by atoms with Crippen LogP contribution < -0.4 is 9.47 Å². The van der Waals surface area contributed by atoms with Crippen LogP contribution in [0.1, 0.15) is 84.9 Å². The molecule has 0 radical (unpaired) electrons. The molecule has 8 heteroatoms. The Kier molecular flexibility index (Phi) is 13.6. The molecule has 3 heterocycles. The van der Waals surface area contributed by atoms with Crippen LogP contribution in [0.5, 0.6) is 11.5 Å². The molecule has 2 aliphatic rings. The van der Waals surface area contributed by atoms with Gasteiger partial charge in [0.2, 0.25) is 6.79 Å². The zero-order valence-corrected chi connectivity index (χ0v) is 27.4. The molecule has 2 atom stereocenters. The lowest BCUT2D eigenvalue weighted by atomic mass is 10.1. The van der Waals surface area contributed by atoms with Gasteiger partial charge in [-0.3, -0.25) is 4.99 Å². The van der Waals surface area contributed by atoms with E-state index in [1.54, 1.807) is 0 Å². The Balaban J connectivity index is 0.000000242. The number of hydrogen-bond donors (Lipinski definition) is 1. The fraction of sp³-hybridized carbons (Fsp3) is 0.515. The molecule has 1 saturated heterocycles. The smallest absolute Gasteiger partial charge is 0.231 e. The molecule has 41 heavy (non-hydrogen) atoms. The highest BCUT2D eigenvalue weighted by Crippen LogP contribution is 2.38. The number of thioether (sulfide) groups is 1. The van der Waals surface area contributed by atoms with Crippen molar-refractivity contribution in [2.45, 2.75) is 98.5 Å². The van der Waals surface area contributed by atoms with Crippen LogP contribution in [-0.2, 0) is 10.5 Å². The number of allylic oxidation sites excluding steroid dienone is 5. The molecule has 224 valence electrons. The normalized spacial score (nSPS) is 19.4. The largest absolute Gasteiger partial charge is 0.454 e. The molecule has 0 bridgehead atoms. The first-order valence-electron chi connectivity index (χ1n) is 14.6. The molecule has 4 rings (SSSR count). The molecular formula is C33H46N2O4S2. The Morgan fingerprint density at radius 3 is 2.63 bits per heavy atom. The summed E-state index contributed by atoms with van der Waals surface area (Å²) in [5.41, 5.74) is 6.52. The Labute approximate surface area is 256 Å². The van der Waals surface area contributed by atoms with Gasteiger partial charge in [0.1, 0.15) is 0 Å². The number of ether oxygens (including phenoxy) is 3. The highest BCUT2D eigenvalue weighted by Gasteiger charge is 2.23. The topological polar surface area (TPSA) is 66.1 Å². The number of nitrogens with zero attached hydrogens (tertiary/aromatic N) is 2. The number of benzene rings is 1. The van der Waals surface area contributed by atoms with Gasteiger partial charge in [-0.05, 0) is 78.5 Å². The maximum atomic E-state index is 5.89. The van der Waals surface area contributed by atoms with Gasteiger partial charge in [-0.1, -0.05) is 43.2 Å². The Morgan fingerprint density at radius 2 is 1.95 bits per heavy atom. The summed E-state index contributed by atoms with van der Waals surface area (Å²) < 4.78 is 22.3. The molecule has 1 fully saturated rings. The summed E-state index contributed by atoms with van der Waals surface area (Å²) in [5.74, 6) is 4.23. The fourth-order valence-electron chi connectivity index (χ4n) is 4.52. The molecule has 2 aromatic rings. The highest BCUT2D eigenvalue weighted by molar-refractivity contribution is 7.98. The van der Waals surface area contributed by atoms with Gasteiger partial charge in [-0.2, -0.15) is 11.8 Å². The second kappa shape index (κ2) is 16.9. The third kappa shape index (κ3) is 9.55. The first-order chi connectivity index (χ1) is 19.8. The number of rotatable bonds is 11. The summed E-state index contributed by atoms with van der Waals surface area (Å²) in [6.45, 7) is 14.8. The average molecular weight is 599 g/mol. The number of fused-ring (bicyclic) bond motifs is 1. The van der Waals surface area contributed by atoms with E-state index in [9.17, 15) is 0 Å². The van der Waals surface area contributed by atoms with Crippen molar-refractivity contribution >= 4 is 30.6 Å². The molecule has 0 N–H and O–H groups in total. The van der Waals surface area contributed by atoms with E-state index in [0.29, 0.717) is 12.2 Å². The second-order valence-electron chi connectivity index (χ2n) is 10.4. The Bertz CT molecular complexity index is 1260. The van der Waals surface area contributed by atoms with Crippen molar-refractivity contribution in [2.75, 3.05) is 12.5 Å². The number of aliphatic imine (C=N–C) groups is 1. The Hall–Kier alpha value is -2.42. The molecule has 6 nitrogen and oxygen atoms in total. The van der Waals surface area contributed by atoms with Gasteiger partial charge < -0.3 is 18.7 Å². The number of thiol groups is 1. The van der Waals surface area contributed by atoms with Gasteiger partial charge in [0, 0.05) is 45.0 Å². The molecule has 2 unspecified atom stereocenters. The summed E-state index contributed by atoms with van der Waals surface area (Å²) in [6.07, 6.45) is 12.5. The Morgan fingerprint density at radius 1 is 1.17 bits per heavy atom. The van der Waals surface area contributed by atoms with Gasteiger partial charge in [-0.15, -0.1) is 12.6 Å². The van der Waals surface area contributed by atoms with Gasteiger partial charge in [0.25, 0.3) is 0 Å². The average Bonchev–Trinajstić information content (AvgIpc) is 3.70. The van der Waals surface area contributed by atoms with E-state index < -0.39 is 0 Å². The lowest BCUT2D eigenvalue weighted by Gasteiger charge is -2.10. The van der Waals surface area contributed by atoms with Crippen molar-refractivity contribution < 1.29 is 18.7 Å². The van der Waals surface area contributed by atoms with E-state index in [4.69, 9.17) is 18.7 Å². The molecule has 0 saturated carbocycles. The van der Waals surface area contributed by atoms with Crippen LogP contribution in [0.15, 0.2) is 61.6 Å². The number of aromatic nitrogens is 1. The van der Waals surface area contributed by atoms with E-state index in [1.165, 1.54) is 12.0 Å². The molecular weight excluding hydrogens is 553 g/mol. The van der Waals surface area contributed by atoms with Gasteiger partial charge >= 0.3 is 0 Å². The molecule has 1 aromatic heterocycles. The summed E-state index contributed by atoms with van der Waals surface area (Å²) in [6, 6.07) is 5.86. The molecule has 2 aliphatic heterocycles. The van der Waals surface area contributed by atoms with Crippen molar-refractivity contribution in [3.8, 4) is 22.8 Å². The van der Waals surface area contributed by atoms with Crippen molar-refractivity contribution in [3.63, 3.8) is 0 Å². The van der Waals surface area contributed by atoms with Crippen LogP contribution in [0.25, 0.3) is 11.3 Å². The standard InChI is InChI=1S/C18H21NO4S.C15H25NS/c1-11-3-5-14(22-11)8-24-9-15-12(2)19-23-18(15)13-4-6-16-17(7-13)21-10-20-16;1-6-9-10-11-14(13(5)16-8-3)15(17)12(4)7-2/h4,6-7,11,14H,3,5,8-10H2,1-2H3;8,10-11,17H,6-7,9H2,1-5H3/b;11-10-,14-13-,15-12-,16-8?. The minimum absolute atomic E-state index is 0.275. The zero-order valence-electron chi connectivity index (χ0n) is 25.7. The van der Waals surface area contributed by atoms with E-state index in [0.717, 1.165) is 87.4 Å². The monoisotopic (exact) mass is 598 g/mol. The van der Waals surface area contributed by atoms with E-state index in [2.05, 4.69) is 62.6 Å². The molecule has 0 amide bonds. The van der Waals surface area contributed by atoms with Crippen molar-refractivity contribution in [3.05, 3.63) is 63.4 Å². The van der Waals surface area contributed by atoms with Crippen LogP contribution in [0.2, 0.25) is 0 Å². The summed E-state index contributed by atoms with van der Waals surface area (Å²) in [5, 5.41) is 4.16. The quantitative estimate of drug-likeness (QED) is 0.158. The number of hydrogen-bond acceptors (Lipinski definition) is 8. The lowest BCUT2D eigenvalue weighted by Crippen LogP contribution is -2.11. The van der Waals surface area contributed by atoms with Gasteiger partial charge in [-0.25, -0.2) is 0 Å². The highest BCUT2D eigenvalue weighted by atomic mass is 32.2. The van der Waals surface area contributed by atoms with Crippen LogP contribution in [0.4, 0.5) is 0 Å². The lowest BCUT2D eigenvalue weighted by molar-refractivity contribution is 0.0700. The number of unbranched alkanes of at least 4 members (excludes halogenated alkanes) is 1. The van der Waals surface area contributed by atoms with Crippen molar-refractivity contribution in [1.29, 1.82) is 0 Å². The first kappa shape index (κ1) is 33.1. The maximum Gasteiger partial charge on any atom is 0.231 e. The van der Waals surface area contributed by atoms with Gasteiger partial charge in [0.15, 0.2) is 17.3 Å². The minimum atomic E-state index is 0.275. The van der Waals surface area contributed by atoms with Crippen LogP contribution in [-0.4, -0.2) is 36.1 Å². The summed E-state index contributed by atoms with van der Waals surface area (Å²) in [4.78, 5) is 5.42. The summed E-state index contributed by atoms with van der Waals surface area (Å²) in [7, 11) is 0. The van der Waals surface area contributed by atoms with Crippen LogP contribution in [0, 0.1) is 6.92 Å². The zero-order chi connectivity index (χ0) is 29.8. The van der Waals surface area contributed by atoms with E-state index >= 15 is 0 Å². The predicted molar refractivity (Wildman–Crippen MR) is 175 cm³/mol. The van der Waals surface area contributed by atoms with Crippen LogP contribution in [0.3, 0.4) is 0 Å². The van der Waals surface area contributed by atoms with E-state index in [-0.39, 0.29) is 6.79 Å². The van der Waals surface area contributed by atoms with Gasteiger partial charge in [0.05, 0.1) is 17.9 Å². The summed E-state index contributed by atoms with van der Waals surface area (Å²) >= 11 is 6.51. The SMILES string of the molecule is CC=N/C(C)=C(/C=C\CCC)C(\S)=C(/C)CC.Cc1noc(-c2ccc3c(c2)OCO3)c1CSCC1CCC(C)O1. The maximum absolute atomic E-state index is 5.89. The molecule has 1 aromatic carbocycles. The van der Waals surface area contributed by atoms with Crippen LogP contribution >= 0.6 is 24.4 Å². The van der Waals surface area contributed by atoms with Crippen molar-refractivity contribution in [2.24, 2.45) is 4.99 Å².